The average molecular weight is 311 g/mol. The third kappa shape index (κ3) is 4.61. The SMILES string of the molecule is CCNC(C)c1cc(Cl)ccc1OC(C)C(=O)NC1CC1. The van der Waals surface area contributed by atoms with Crippen molar-refractivity contribution in [3.8, 4) is 5.75 Å². The van der Waals surface area contributed by atoms with Crippen molar-refractivity contribution >= 4 is 17.5 Å². The van der Waals surface area contributed by atoms with E-state index in [9.17, 15) is 4.79 Å². The lowest BCUT2D eigenvalue weighted by molar-refractivity contribution is -0.127. The van der Waals surface area contributed by atoms with Crippen LogP contribution in [0.2, 0.25) is 5.02 Å². The molecule has 1 amide bonds. The monoisotopic (exact) mass is 310 g/mol. The highest BCUT2D eigenvalue weighted by atomic mass is 35.5. The van der Waals surface area contributed by atoms with E-state index in [0.29, 0.717) is 16.8 Å². The Morgan fingerprint density at radius 2 is 2.14 bits per heavy atom. The van der Waals surface area contributed by atoms with Crippen molar-refractivity contribution in [3.63, 3.8) is 0 Å². The van der Waals surface area contributed by atoms with Crippen LogP contribution in [0.5, 0.6) is 5.75 Å². The van der Waals surface area contributed by atoms with Crippen LogP contribution >= 0.6 is 11.6 Å². The van der Waals surface area contributed by atoms with Gasteiger partial charge in [0.1, 0.15) is 5.75 Å². The molecule has 1 aliphatic carbocycles. The molecule has 0 spiro atoms. The Hall–Kier alpha value is -1.26. The Morgan fingerprint density at radius 1 is 1.43 bits per heavy atom. The first-order valence-corrected chi connectivity index (χ1v) is 7.89. The van der Waals surface area contributed by atoms with E-state index < -0.39 is 6.10 Å². The summed E-state index contributed by atoms with van der Waals surface area (Å²) in [7, 11) is 0. The van der Waals surface area contributed by atoms with Gasteiger partial charge >= 0.3 is 0 Å². The van der Waals surface area contributed by atoms with Crippen LogP contribution in [0.15, 0.2) is 18.2 Å². The lowest BCUT2D eigenvalue weighted by Gasteiger charge is -2.21. The number of halogens is 1. The second kappa shape index (κ2) is 7.14. The third-order valence-corrected chi connectivity index (χ3v) is 3.78. The summed E-state index contributed by atoms with van der Waals surface area (Å²) < 4.78 is 5.85. The van der Waals surface area contributed by atoms with E-state index in [-0.39, 0.29) is 11.9 Å². The number of ether oxygens (including phenoxy) is 1. The maximum Gasteiger partial charge on any atom is 0.260 e. The van der Waals surface area contributed by atoms with E-state index in [1.165, 1.54) is 0 Å². The fourth-order valence-corrected chi connectivity index (χ4v) is 2.35. The zero-order valence-electron chi connectivity index (χ0n) is 12.8. The Labute approximate surface area is 131 Å². The summed E-state index contributed by atoms with van der Waals surface area (Å²) in [5.41, 5.74) is 0.968. The van der Waals surface area contributed by atoms with Crippen molar-refractivity contribution in [2.75, 3.05) is 6.54 Å². The largest absolute Gasteiger partial charge is 0.481 e. The van der Waals surface area contributed by atoms with Crippen LogP contribution in [0, 0.1) is 0 Å². The molecule has 1 aromatic rings. The number of carbonyl (C=O) groups is 1. The topological polar surface area (TPSA) is 50.4 Å². The summed E-state index contributed by atoms with van der Waals surface area (Å²) in [6, 6.07) is 5.95. The molecular weight excluding hydrogens is 288 g/mol. The van der Waals surface area contributed by atoms with Crippen molar-refractivity contribution < 1.29 is 9.53 Å². The molecule has 2 atom stereocenters. The number of hydrogen-bond donors (Lipinski definition) is 2. The van der Waals surface area contributed by atoms with Gasteiger partial charge in [-0.05, 0) is 51.4 Å². The van der Waals surface area contributed by atoms with E-state index in [1.54, 1.807) is 13.0 Å². The minimum atomic E-state index is -0.514. The van der Waals surface area contributed by atoms with E-state index in [1.807, 2.05) is 19.1 Å². The molecular formula is C16H23ClN2O2. The molecule has 2 N–H and O–H groups in total. The van der Waals surface area contributed by atoms with Crippen LogP contribution in [-0.2, 0) is 4.79 Å². The van der Waals surface area contributed by atoms with Crippen molar-refractivity contribution in [2.45, 2.75) is 51.8 Å². The zero-order valence-corrected chi connectivity index (χ0v) is 13.5. The van der Waals surface area contributed by atoms with Crippen LogP contribution in [-0.4, -0.2) is 24.6 Å². The van der Waals surface area contributed by atoms with Crippen LogP contribution in [0.4, 0.5) is 0 Å². The lowest BCUT2D eigenvalue weighted by atomic mass is 10.1. The summed E-state index contributed by atoms with van der Waals surface area (Å²) in [5, 5.41) is 6.95. The van der Waals surface area contributed by atoms with Gasteiger partial charge in [0.25, 0.3) is 5.91 Å². The Morgan fingerprint density at radius 3 is 2.76 bits per heavy atom. The molecule has 0 bridgehead atoms. The van der Waals surface area contributed by atoms with Gasteiger partial charge in [-0.25, -0.2) is 0 Å². The van der Waals surface area contributed by atoms with E-state index in [4.69, 9.17) is 16.3 Å². The highest BCUT2D eigenvalue weighted by molar-refractivity contribution is 6.30. The minimum Gasteiger partial charge on any atom is -0.481 e. The highest BCUT2D eigenvalue weighted by Gasteiger charge is 2.27. The van der Waals surface area contributed by atoms with Gasteiger partial charge in [-0.2, -0.15) is 0 Å². The normalized spacial score (nSPS) is 17.1. The average Bonchev–Trinajstić information content (AvgIpc) is 3.24. The first-order chi connectivity index (χ1) is 10.0. The van der Waals surface area contributed by atoms with Crippen molar-refractivity contribution in [3.05, 3.63) is 28.8 Å². The molecule has 0 aromatic heterocycles. The van der Waals surface area contributed by atoms with E-state index >= 15 is 0 Å². The van der Waals surface area contributed by atoms with Gasteiger partial charge in [-0.1, -0.05) is 18.5 Å². The Kier molecular flexibility index (Phi) is 5.48. The maximum absolute atomic E-state index is 12.0. The van der Waals surface area contributed by atoms with Gasteiger partial charge in [-0.3, -0.25) is 4.79 Å². The molecule has 0 heterocycles. The molecule has 0 radical (unpaired) electrons. The molecule has 0 aliphatic heterocycles. The van der Waals surface area contributed by atoms with Crippen LogP contribution in [0.1, 0.15) is 45.2 Å². The minimum absolute atomic E-state index is 0.0606. The lowest BCUT2D eigenvalue weighted by Crippen LogP contribution is -2.37. The van der Waals surface area contributed by atoms with Crippen molar-refractivity contribution in [1.82, 2.24) is 10.6 Å². The predicted octanol–water partition coefficient (Wildman–Crippen LogP) is 3.06. The van der Waals surface area contributed by atoms with Crippen molar-refractivity contribution in [1.29, 1.82) is 0 Å². The van der Waals surface area contributed by atoms with Gasteiger partial charge in [0, 0.05) is 22.7 Å². The fraction of sp³-hybridized carbons (Fsp3) is 0.562. The van der Waals surface area contributed by atoms with Gasteiger partial charge in [0.05, 0.1) is 0 Å². The summed E-state index contributed by atoms with van der Waals surface area (Å²) in [6.45, 7) is 6.73. The summed E-state index contributed by atoms with van der Waals surface area (Å²) in [6.07, 6.45) is 1.63. The second-order valence-corrected chi connectivity index (χ2v) is 5.94. The summed E-state index contributed by atoms with van der Waals surface area (Å²) in [4.78, 5) is 12.0. The summed E-state index contributed by atoms with van der Waals surface area (Å²) in [5.74, 6) is 0.640. The molecule has 1 saturated carbocycles. The second-order valence-electron chi connectivity index (χ2n) is 5.50. The van der Waals surface area contributed by atoms with Gasteiger partial charge < -0.3 is 15.4 Å². The molecule has 1 aromatic carbocycles. The van der Waals surface area contributed by atoms with Gasteiger partial charge in [0.2, 0.25) is 0 Å². The van der Waals surface area contributed by atoms with Crippen molar-refractivity contribution in [2.24, 2.45) is 0 Å². The maximum atomic E-state index is 12.0. The zero-order chi connectivity index (χ0) is 15.4. The molecule has 5 heteroatoms. The number of amides is 1. The number of benzene rings is 1. The van der Waals surface area contributed by atoms with E-state index in [2.05, 4.69) is 17.6 Å². The molecule has 21 heavy (non-hydrogen) atoms. The fourth-order valence-electron chi connectivity index (χ4n) is 2.17. The predicted molar refractivity (Wildman–Crippen MR) is 84.8 cm³/mol. The number of rotatable bonds is 7. The smallest absolute Gasteiger partial charge is 0.260 e. The third-order valence-electron chi connectivity index (χ3n) is 3.55. The Balaban J connectivity index is 2.08. The highest BCUT2D eigenvalue weighted by Crippen LogP contribution is 2.29. The quantitative estimate of drug-likeness (QED) is 0.814. The molecule has 2 rings (SSSR count). The first kappa shape index (κ1) is 16.1. The number of nitrogens with one attached hydrogen (secondary N) is 2. The molecule has 2 unspecified atom stereocenters. The van der Waals surface area contributed by atoms with Crippen LogP contribution < -0.4 is 15.4 Å². The standard InChI is InChI=1S/C16H23ClN2O2/c1-4-18-10(2)14-9-12(17)5-8-15(14)21-11(3)16(20)19-13-6-7-13/h5,8-11,13,18H,4,6-7H2,1-3H3,(H,19,20). The number of carbonyl (C=O) groups excluding carboxylic acids is 1. The molecule has 116 valence electrons. The van der Waals surface area contributed by atoms with Gasteiger partial charge in [-0.15, -0.1) is 0 Å². The summed E-state index contributed by atoms with van der Waals surface area (Å²) >= 11 is 6.07. The van der Waals surface area contributed by atoms with Gasteiger partial charge in [0.15, 0.2) is 6.10 Å². The first-order valence-electron chi connectivity index (χ1n) is 7.51. The molecule has 0 saturated heterocycles. The Bertz CT molecular complexity index is 503. The van der Waals surface area contributed by atoms with E-state index in [0.717, 1.165) is 24.9 Å². The van der Waals surface area contributed by atoms with Crippen LogP contribution in [0.25, 0.3) is 0 Å². The molecule has 4 nitrogen and oxygen atoms in total. The number of hydrogen-bond acceptors (Lipinski definition) is 3. The van der Waals surface area contributed by atoms with Crippen LogP contribution in [0.3, 0.4) is 0 Å². The molecule has 1 fully saturated rings. The molecule has 1 aliphatic rings.